The van der Waals surface area contributed by atoms with Crippen molar-refractivity contribution in [1.29, 1.82) is 0 Å². The maximum Gasteiger partial charge on any atom is 0.357 e. The van der Waals surface area contributed by atoms with Crippen LogP contribution in [0.25, 0.3) is 0 Å². The zero-order valence-electron chi connectivity index (χ0n) is 13.9. The SMILES string of the molecule is Cn1cc(C(=O)N2CCN(Cc3ccccc3F)CC2)c(C(=O)O)n1. The van der Waals surface area contributed by atoms with Crippen LogP contribution in [0.5, 0.6) is 0 Å². The fourth-order valence-electron chi connectivity index (χ4n) is 2.95. The molecular weight excluding hydrogens is 327 g/mol. The van der Waals surface area contributed by atoms with Crippen LogP contribution in [-0.4, -0.2) is 62.7 Å². The Kier molecular flexibility index (Phi) is 4.80. The van der Waals surface area contributed by atoms with Crippen molar-refractivity contribution < 1.29 is 19.1 Å². The Morgan fingerprint density at radius 2 is 1.88 bits per heavy atom. The van der Waals surface area contributed by atoms with Gasteiger partial charge in [-0.1, -0.05) is 18.2 Å². The Morgan fingerprint density at radius 1 is 1.20 bits per heavy atom. The van der Waals surface area contributed by atoms with E-state index in [0.717, 1.165) is 0 Å². The Morgan fingerprint density at radius 3 is 2.52 bits per heavy atom. The predicted octanol–water partition coefficient (Wildman–Crippen LogP) is 1.22. The number of hydrogen-bond acceptors (Lipinski definition) is 4. The molecule has 0 aliphatic carbocycles. The summed E-state index contributed by atoms with van der Waals surface area (Å²) < 4.78 is 15.1. The van der Waals surface area contributed by atoms with E-state index in [9.17, 15) is 14.0 Å². The second-order valence-corrected chi connectivity index (χ2v) is 6.03. The molecule has 1 aliphatic rings. The van der Waals surface area contributed by atoms with Crippen LogP contribution in [0.4, 0.5) is 4.39 Å². The van der Waals surface area contributed by atoms with Crippen molar-refractivity contribution in [2.75, 3.05) is 26.2 Å². The quantitative estimate of drug-likeness (QED) is 0.900. The molecule has 1 aromatic carbocycles. The number of nitrogens with zero attached hydrogens (tertiary/aromatic N) is 4. The summed E-state index contributed by atoms with van der Waals surface area (Å²) in [5.74, 6) is -1.79. The van der Waals surface area contributed by atoms with E-state index < -0.39 is 5.97 Å². The number of carbonyl (C=O) groups excluding carboxylic acids is 1. The molecule has 0 spiro atoms. The summed E-state index contributed by atoms with van der Waals surface area (Å²) in [7, 11) is 1.58. The van der Waals surface area contributed by atoms with Crippen LogP contribution in [0.3, 0.4) is 0 Å². The molecule has 1 fully saturated rings. The number of piperazine rings is 1. The molecule has 8 heteroatoms. The first-order valence-electron chi connectivity index (χ1n) is 7.97. The second-order valence-electron chi connectivity index (χ2n) is 6.03. The van der Waals surface area contributed by atoms with Crippen molar-refractivity contribution >= 4 is 11.9 Å². The number of carbonyl (C=O) groups is 2. The molecular formula is C17H19FN4O3. The van der Waals surface area contributed by atoms with Crippen molar-refractivity contribution in [3.63, 3.8) is 0 Å². The summed E-state index contributed by atoms with van der Waals surface area (Å²) in [6.07, 6.45) is 1.43. The van der Waals surface area contributed by atoms with Crippen molar-refractivity contribution in [3.05, 3.63) is 53.1 Å². The van der Waals surface area contributed by atoms with Crippen LogP contribution < -0.4 is 0 Å². The van der Waals surface area contributed by atoms with Crippen LogP contribution in [0.2, 0.25) is 0 Å². The molecule has 1 aliphatic heterocycles. The maximum absolute atomic E-state index is 13.7. The molecule has 0 radical (unpaired) electrons. The van der Waals surface area contributed by atoms with Crippen LogP contribution in [0.1, 0.15) is 26.4 Å². The third kappa shape index (κ3) is 3.69. The molecule has 0 atom stereocenters. The Labute approximate surface area is 144 Å². The average molecular weight is 346 g/mol. The number of aryl methyl sites for hydroxylation is 1. The van der Waals surface area contributed by atoms with Gasteiger partial charge in [-0.3, -0.25) is 14.4 Å². The summed E-state index contributed by atoms with van der Waals surface area (Å²) in [6.45, 7) is 2.61. The highest BCUT2D eigenvalue weighted by Crippen LogP contribution is 2.15. The van der Waals surface area contributed by atoms with Gasteiger partial charge in [0.05, 0.1) is 5.56 Å². The van der Waals surface area contributed by atoms with Gasteiger partial charge >= 0.3 is 5.97 Å². The van der Waals surface area contributed by atoms with Gasteiger partial charge < -0.3 is 10.0 Å². The molecule has 3 rings (SSSR count). The van der Waals surface area contributed by atoms with Gasteiger partial charge in [-0.25, -0.2) is 9.18 Å². The van der Waals surface area contributed by atoms with Gasteiger partial charge in [0.2, 0.25) is 0 Å². The van der Waals surface area contributed by atoms with Gasteiger partial charge in [0.25, 0.3) is 5.91 Å². The lowest BCUT2D eigenvalue weighted by atomic mass is 10.1. The molecule has 1 amide bonds. The highest BCUT2D eigenvalue weighted by molar-refractivity contribution is 6.03. The van der Waals surface area contributed by atoms with E-state index in [1.165, 1.54) is 16.9 Å². The first-order chi connectivity index (χ1) is 12.0. The third-order valence-electron chi connectivity index (χ3n) is 4.27. The van der Waals surface area contributed by atoms with Gasteiger partial charge in [0, 0.05) is 51.5 Å². The monoisotopic (exact) mass is 346 g/mol. The van der Waals surface area contributed by atoms with E-state index in [0.29, 0.717) is 38.3 Å². The first kappa shape index (κ1) is 17.1. The zero-order valence-corrected chi connectivity index (χ0v) is 13.9. The minimum absolute atomic E-state index is 0.0950. The van der Waals surface area contributed by atoms with Crippen molar-refractivity contribution in [1.82, 2.24) is 19.6 Å². The third-order valence-corrected chi connectivity index (χ3v) is 4.27. The van der Waals surface area contributed by atoms with Crippen LogP contribution in [-0.2, 0) is 13.6 Å². The smallest absolute Gasteiger partial charge is 0.357 e. The lowest BCUT2D eigenvalue weighted by molar-refractivity contribution is 0.0607. The number of aromatic carboxylic acids is 1. The van der Waals surface area contributed by atoms with Crippen molar-refractivity contribution in [2.45, 2.75) is 6.54 Å². The summed E-state index contributed by atoms with van der Waals surface area (Å²) in [5.41, 5.74) is 0.488. The van der Waals surface area contributed by atoms with Crippen LogP contribution in [0.15, 0.2) is 30.5 Å². The Hall–Kier alpha value is -2.74. The fourth-order valence-corrected chi connectivity index (χ4v) is 2.95. The minimum atomic E-state index is -1.22. The molecule has 0 bridgehead atoms. The number of aromatic nitrogens is 2. The molecule has 0 saturated carbocycles. The fraction of sp³-hybridized carbons (Fsp3) is 0.353. The lowest BCUT2D eigenvalue weighted by Gasteiger charge is -2.34. The number of rotatable bonds is 4. The molecule has 25 heavy (non-hydrogen) atoms. The maximum atomic E-state index is 13.7. The number of benzene rings is 1. The minimum Gasteiger partial charge on any atom is -0.476 e. The molecule has 2 aromatic rings. The van der Waals surface area contributed by atoms with E-state index in [-0.39, 0.29) is 23.0 Å². The zero-order chi connectivity index (χ0) is 18.0. The van der Waals surface area contributed by atoms with E-state index in [1.54, 1.807) is 30.1 Å². The molecule has 0 unspecified atom stereocenters. The number of amides is 1. The summed E-state index contributed by atoms with van der Waals surface area (Å²) in [4.78, 5) is 27.5. The molecule has 1 N–H and O–H groups in total. The van der Waals surface area contributed by atoms with E-state index >= 15 is 0 Å². The molecule has 1 saturated heterocycles. The summed E-state index contributed by atoms with van der Waals surface area (Å²) in [6, 6.07) is 6.64. The van der Waals surface area contributed by atoms with Crippen LogP contribution in [0, 0.1) is 5.82 Å². The number of hydrogen-bond donors (Lipinski definition) is 1. The number of carboxylic acids is 1. The summed E-state index contributed by atoms with van der Waals surface area (Å²) in [5, 5.41) is 13.0. The second kappa shape index (κ2) is 7.02. The van der Waals surface area contributed by atoms with Gasteiger partial charge in [0.1, 0.15) is 5.82 Å². The van der Waals surface area contributed by atoms with E-state index in [4.69, 9.17) is 5.11 Å². The van der Waals surface area contributed by atoms with Gasteiger partial charge in [-0.15, -0.1) is 0 Å². The summed E-state index contributed by atoms with van der Waals surface area (Å²) >= 11 is 0. The topological polar surface area (TPSA) is 78.7 Å². The van der Waals surface area contributed by atoms with Crippen molar-refractivity contribution in [3.8, 4) is 0 Å². The lowest BCUT2D eigenvalue weighted by Crippen LogP contribution is -2.48. The molecule has 2 heterocycles. The van der Waals surface area contributed by atoms with E-state index in [1.807, 2.05) is 0 Å². The highest BCUT2D eigenvalue weighted by atomic mass is 19.1. The average Bonchev–Trinajstić information content (AvgIpc) is 2.99. The van der Waals surface area contributed by atoms with Crippen LogP contribution >= 0.6 is 0 Å². The Balaban J connectivity index is 1.63. The largest absolute Gasteiger partial charge is 0.476 e. The van der Waals surface area contributed by atoms with Gasteiger partial charge in [0.15, 0.2) is 5.69 Å². The molecule has 132 valence electrons. The highest BCUT2D eigenvalue weighted by Gasteiger charge is 2.28. The first-order valence-corrected chi connectivity index (χ1v) is 7.97. The standard InChI is InChI=1S/C17H19FN4O3/c1-20-11-13(15(19-20)17(24)25)16(23)22-8-6-21(7-9-22)10-12-4-2-3-5-14(12)18/h2-5,11H,6-10H2,1H3,(H,24,25). The van der Waals surface area contributed by atoms with Gasteiger partial charge in [-0.05, 0) is 6.07 Å². The molecule has 1 aromatic heterocycles. The number of carboxylic acid groups (broad SMARTS) is 1. The predicted molar refractivity (Wildman–Crippen MR) is 87.7 cm³/mol. The normalized spacial score (nSPS) is 15.4. The van der Waals surface area contributed by atoms with E-state index in [2.05, 4.69) is 10.00 Å². The van der Waals surface area contributed by atoms with Crippen molar-refractivity contribution in [2.24, 2.45) is 7.05 Å². The molecule has 7 nitrogen and oxygen atoms in total. The Bertz CT molecular complexity index is 797. The van der Waals surface area contributed by atoms with Gasteiger partial charge in [-0.2, -0.15) is 5.10 Å². The number of halogens is 1.